The second-order valence-corrected chi connectivity index (χ2v) is 6.39. The van der Waals surface area contributed by atoms with E-state index in [0.29, 0.717) is 5.02 Å². The summed E-state index contributed by atoms with van der Waals surface area (Å²) in [6.45, 7) is 5.84. The molecule has 122 valence electrons. The normalized spacial score (nSPS) is 13.1. The number of aliphatic hydroxyl groups is 1. The van der Waals surface area contributed by atoms with Crippen LogP contribution in [0.2, 0.25) is 5.02 Å². The van der Waals surface area contributed by atoms with Gasteiger partial charge in [0, 0.05) is 5.02 Å². The van der Waals surface area contributed by atoms with Crippen LogP contribution < -0.4 is 0 Å². The van der Waals surface area contributed by atoms with Crippen LogP contribution in [0.1, 0.15) is 70.0 Å². The molecule has 0 aliphatic carbocycles. The van der Waals surface area contributed by atoms with Gasteiger partial charge in [-0.2, -0.15) is 0 Å². The molecule has 0 amide bonds. The lowest BCUT2D eigenvalue weighted by Crippen LogP contribution is -1.94. The Kier molecular flexibility index (Phi) is 9.94. The highest BCUT2D eigenvalue weighted by atomic mass is 35.5. The second-order valence-electron chi connectivity index (χ2n) is 5.96. The van der Waals surface area contributed by atoms with Crippen LogP contribution in [0, 0.1) is 0 Å². The molecule has 1 N–H and O–H groups in total. The average molecular weight is 321 g/mol. The van der Waals surface area contributed by atoms with Crippen LogP contribution in [-0.4, -0.2) is 5.11 Å². The lowest BCUT2D eigenvalue weighted by atomic mass is 10.0. The number of unbranched alkanes of at least 4 members (excludes halogenated alkanes) is 6. The van der Waals surface area contributed by atoms with Gasteiger partial charge in [-0.1, -0.05) is 67.1 Å². The maximum atomic E-state index is 10.2. The number of aliphatic hydroxyl groups excluding tert-OH is 1. The predicted octanol–water partition coefficient (Wildman–Crippen LogP) is 6.63. The van der Waals surface area contributed by atoms with E-state index in [1.807, 2.05) is 36.4 Å². The van der Waals surface area contributed by atoms with Crippen LogP contribution in [0.3, 0.4) is 0 Å². The Hall–Kier alpha value is -1.05. The summed E-state index contributed by atoms with van der Waals surface area (Å²) in [6, 6.07) is 7.38. The van der Waals surface area contributed by atoms with Crippen molar-refractivity contribution in [2.75, 3.05) is 0 Å². The Balaban J connectivity index is 2.19. The third-order valence-corrected chi connectivity index (χ3v) is 4.14. The largest absolute Gasteiger partial charge is 0.384 e. The van der Waals surface area contributed by atoms with Gasteiger partial charge in [0.1, 0.15) is 0 Å². The van der Waals surface area contributed by atoms with Crippen molar-refractivity contribution in [3.63, 3.8) is 0 Å². The highest BCUT2D eigenvalue weighted by Gasteiger charge is 2.04. The quantitative estimate of drug-likeness (QED) is 0.358. The number of benzene rings is 1. The zero-order valence-electron chi connectivity index (χ0n) is 13.7. The van der Waals surface area contributed by atoms with E-state index in [1.54, 1.807) is 0 Å². The third-order valence-electron chi connectivity index (χ3n) is 3.88. The van der Waals surface area contributed by atoms with E-state index < -0.39 is 6.10 Å². The minimum Gasteiger partial charge on any atom is -0.384 e. The Morgan fingerprint density at radius 2 is 1.68 bits per heavy atom. The highest BCUT2D eigenvalue weighted by molar-refractivity contribution is 6.30. The summed E-state index contributed by atoms with van der Waals surface area (Å²) in [4.78, 5) is 0. The molecule has 1 aromatic rings. The molecule has 0 unspecified atom stereocenters. The summed E-state index contributed by atoms with van der Waals surface area (Å²) >= 11 is 5.86. The third kappa shape index (κ3) is 8.41. The Labute approximate surface area is 140 Å². The van der Waals surface area contributed by atoms with Crippen LogP contribution >= 0.6 is 11.6 Å². The number of allylic oxidation sites excluding steroid dienone is 2. The van der Waals surface area contributed by atoms with Gasteiger partial charge >= 0.3 is 0 Å². The van der Waals surface area contributed by atoms with Crippen molar-refractivity contribution in [3.8, 4) is 0 Å². The molecular formula is C20H29ClO. The van der Waals surface area contributed by atoms with Crippen LogP contribution in [0.25, 0.3) is 0 Å². The molecule has 0 spiro atoms. The molecule has 22 heavy (non-hydrogen) atoms. The fourth-order valence-corrected chi connectivity index (χ4v) is 2.63. The number of hydrogen-bond acceptors (Lipinski definition) is 1. The van der Waals surface area contributed by atoms with E-state index in [9.17, 15) is 5.11 Å². The highest BCUT2D eigenvalue weighted by Crippen LogP contribution is 2.20. The molecule has 0 heterocycles. The summed E-state index contributed by atoms with van der Waals surface area (Å²) in [7, 11) is 0. The molecule has 1 rings (SSSR count). The summed E-state index contributed by atoms with van der Waals surface area (Å²) in [5.41, 5.74) is 2.15. The van der Waals surface area contributed by atoms with Crippen molar-refractivity contribution >= 4 is 11.6 Å². The molecule has 0 aliphatic heterocycles. The minimum atomic E-state index is -0.531. The Bertz CT molecular complexity index is 447. The zero-order valence-corrected chi connectivity index (χ0v) is 14.5. The summed E-state index contributed by atoms with van der Waals surface area (Å²) < 4.78 is 0. The summed E-state index contributed by atoms with van der Waals surface area (Å²) in [6.07, 6.45) is 13.3. The topological polar surface area (TPSA) is 20.2 Å². The van der Waals surface area contributed by atoms with Gasteiger partial charge in [-0.3, -0.25) is 0 Å². The second kappa shape index (κ2) is 11.5. The van der Waals surface area contributed by atoms with E-state index in [2.05, 4.69) is 13.5 Å². The summed E-state index contributed by atoms with van der Waals surface area (Å²) in [5.74, 6) is 0. The SMILES string of the molecule is C=CCCCCCCCC/C(C)=C/[C@@H](O)c1ccc(Cl)cc1. The fourth-order valence-electron chi connectivity index (χ4n) is 2.51. The predicted molar refractivity (Wildman–Crippen MR) is 97.3 cm³/mol. The molecular weight excluding hydrogens is 292 g/mol. The van der Waals surface area contributed by atoms with Crippen LogP contribution in [-0.2, 0) is 0 Å². The zero-order chi connectivity index (χ0) is 16.2. The van der Waals surface area contributed by atoms with Crippen molar-refractivity contribution in [2.24, 2.45) is 0 Å². The van der Waals surface area contributed by atoms with Crippen molar-refractivity contribution in [1.29, 1.82) is 0 Å². The minimum absolute atomic E-state index is 0.531. The molecule has 2 heteroatoms. The van der Waals surface area contributed by atoms with Gasteiger partial charge < -0.3 is 5.11 Å². The molecule has 1 atom stereocenters. The molecule has 0 saturated heterocycles. The van der Waals surface area contributed by atoms with E-state index in [1.165, 1.54) is 44.1 Å². The van der Waals surface area contributed by atoms with E-state index >= 15 is 0 Å². The first-order chi connectivity index (χ1) is 10.6. The Morgan fingerprint density at radius 3 is 2.32 bits per heavy atom. The van der Waals surface area contributed by atoms with Gasteiger partial charge in [0.15, 0.2) is 0 Å². The first-order valence-corrected chi connectivity index (χ1v) is 8.73. The number of hydrogen-bond donors (Lipinski definition) is 1. The van der Waals surface area contributed by atoms with E-state index in [-0.39, 0.29) is 0 Å². The van der Waals surface area contributed by atoms with Gasteiger partial charge in [-0.25, -0.2) is 0 Å². The molecule has 1 aromatic carbocycles. The van der Waals surface area contributed by atoms with Gasteiger partial charge in [0.05, 0.1) is 6.10 Å². The van der Waals surface area contributed by atoms with Gasteiger partial charge in [-0.15, -0.1) is 6.58 Å². The molecule has 0 fully saturated rings. The van der Waals surface area contributed by atoms with Gasteiger partial charge in [-0.05, 0) is 50.3 Å². The van der Waals surface area contributed by atoms with Crippen LogP contribution in [0.4, 0.5) is 0 Å². The standard InChI is InChI=1S/C20H29ClO/c1-3-4-5-6-7-8-9-10-11-17(2)16-20(22)18-12-14-19(21)15-13-18/h3,12-16,20,22H,1,4-11H2,2H3/b17-16+/t20-/m1/s1. The molecule has 0 radical (unpaired) electrons. The maximum absolute atomic E-state index is 10.2. The molecule has 0 aromatic heterocycles. The molecule has 0 saturated carbocycles. The van der Waals surface area contributed by atoms with Gasteiger partial charge in [0.2, 0.25) is 0 Å². The monoisotopic (exact) mass is 320 g/mol. The number of halogens is 1. The van der Waals surface area contributed by atoms with E-state index in [4.69, 9.17) is 11.6 Å². The first-order valence-electron chi connectivity index (χ1n) is 8.35. The van der Waals surface area contributed by atoms with Crippen molar-refractivity contribution in [2.45, 2.75) is 64.4 Å². The lowest BCUT2D eigenvalue weighted by Gasteiger charge is -2.09. The van der Waals surface area contributed by atoms with Gasteiger partial charge in [0.25, 0.3) is 0 Å². The lowest BCUT2D eigenvalue weighted by molar-refractivity contribution is 0.227. The van der Waals surface area contributed by atoms with Crippen LogP contribution in [0.15, 0.2) is 48.6 Å². The van der Waals surface area contributed by atoms with Crippen molar-refractivity contribution < 1.29 is 5.11 Å². The first kappa shape index (κ1) is 19.0. The smallest absolute Gasteiger partial charge is 0.0974 e. The fraction of sp³-hybridized carbons (Fsp3) is 0.500. The molecule has 1 nitrogen and oxygen atoms in total. The summed E-state index contributed by atoms with van der Waals surface area (Å²) in [5, 5.41) is 10.9. The molecule has 0 aliphatic rings. The van der Waals surface area contributed by atoms with Crippen molar-refractivity contribution in [1.82, 2.24) is 0 Å². The van der Waals surface area contributed by atoms with Crippen molar-refractivity contribution in [3.05, 3.63) is 59.2 Å². The molecule has 0 bridgehead atoms. The number of rotatable bonds is 11. The Morgan fingerprint density at radius 1 is 1.09 bits per heavy atom. The van der Waals surface area contributed by atoms with E-state index in [0.717, 1.165) is 18.4 Å². The maximum Gasteiger partial charge on any atom is 0.0974 e. The van der Waals surface area contributed by atoms with Crippen LogP contribution in [0.5, 0.6) is 0 Å². The average Bonchev–Trinajstić information content (AvgIpc) is 2.50.